The van der Waals surface area contributed by atoms with E-state index in [0.29, 0.717) is 23.9 Å². The monoisotopic (exact) mass is 547 g/mol. The Hall–Kier alpha value is -3.45. The molecule has 2 aromatic rings. The van der Waals surface area contributed by atoms with Gasteiger partial charge in [-0.3, -0.25) is 29.3 Å². The smallest absolute Gasteiger partial charge is 0.416 e. The number of benzene rings is 2. The van der Waals surface area contributed by atoms with Crippen LogP contribution in [0.15, 0.2) is 36.4 Å². The molecule has 2 aromatic carbocycles. The molecular weight excluding hydrogens is 531 g/mol. The number of halogens is 4. The van der Waals surface area contributed by atoms with Crippen molar-refractivity contribution in [1.29, 1.82) is 0 Å². The first kappa shape index (κ1) is 28.8. The van der Waals surface area contributed by atoms with E-state index in [1.54, 1.807) is 6.92 Å². The predicted molar refractivity (Wildman–Crippen MR) is 122 cm³/mol. The molecule has 0 heterocycles. The number of carbonyl (C=O) groups is 4. The number of rotatable bonds is 10. The van der Waals surface area contributed by atoms with Gasteiger partial charge in [0.1, 0.15) is 16.7 Å². The standard InChI is InChI=1S/C22H17ClF3NO8S/c1-3-34-20(30)11(2)36-21(31)18(29)10-17(28)14-9-13(5-6-16(14)27(32)33)35-19-7-4-12(8-15(19)23)22(24,25)26/h4-9,11H,3,10H2,1-2H3. The highest BCUT2D eigenvalue weighted by molar-refractivity contribution is 8.16. The quantitative estimate of drug-likeness (QED) is 0.0956. The van der Waals surface area contributed by atoms with Gasteiger partial charge in [0.2, 0.25) is 5.78 Å². The fourth-order valence-corrected chi connectivity index (χ4v) is 3.60. The molecule has 9 nitrogen and oxygen atoms in total. The second-order valence-electron chi connectivity index (χ2n) is 7.00. The van der Waals surface area contributed by atoms with Crippen LogP contribution in [-0.2, 0) is 25.3 Å². The van der Waals surface area contributed by atoms with Crippen LogP contribution in [0.2, 0.25) is 5.02 Å². The number of hydrogen-bond donors (Lipinski definition) is 0. The van der Waals surface area contributed by atoms with Crippen LogP contribution in [0.3, 0.4) is 0 Å². The van der Waals surface area contributed by atoms with E-state index in [4.69, 9.17) is 21.1 Å². The number of Topliss-reactive ketones (excluding diaryl/α,β-unsaturated/α-hetero) is 2. The lowest BCUT2D eigenvalue weighted by molar-refractivity contribution is -0.385. The molecule has 1 atom stereocenters. The zero-order valence-electron chi connectivity index (χ0n) is 18.6. The summed E-state index contributed by atoms with van der Waals surface area (Å²) in [5.74, 6) is -3.46. The Morgan fingerprint density at radius 2 is 1.81 bits per heavy atom. The van der Waals surface area contributed by atoms with Crippen molar-refractivity contribution in [3.8, 4) is 11.5 Å². The number of nitro groups is 1. The molecule has 14 heteroatoms. The van der Waals surface area contributed by atoms with Gasteiger partial charge in [-0.1, -0.05) is 23.4 Å². The summed E-state index contributed by atoms with van der Waals surface area (Å²) in [7, 11) is 0. The lowest BCUT2D eigenvalue weighted by atomic mass is 10.0. The Balaban J connectivity index is 2.24. The van der Waals surface area contributed by atoms with Crippen LogP contribution < -0.4 is 4.74 Å². The maximum Gasteiger partial charge on any atom is 0.416 e. The van der Waals surface area contributed by atoms with Gasteiger partial charge in [-0.25, -0.2) is 0 Å². The fourth-order valence-electron chi connectivity index (χ4n) is 2.70. The predicted octanol–water partition coefficient (Wildman–Crippen LogP) is 5.41. The molecule has 2 rings (SSSR count). The number of hydrogen-bond acceptors (Lipinski definition) is 9. The molecule has 0 spiro atoms. The summed E-state index contributed by atoms with van der Waals surface area (Å²) in [6.07, 6.45) is -5.68. The van der Waals surface area contributed by atoms with Gasteiger partial charge >= 0.3 is 12.1 Å². The summed E-state index contributed by atoms with van der Waals surface area (Å²) < 4.78 is 48.6. The van der Waals surface area contributed by atoms with Gasteiger partial charge in [0, 0.05) is 6.07 Å². The number of ketones is 2. The van der Waals surface area contributed by atoms with E-state index in [0.717, 1.165) is 24.3 Å². The minimum atomic E-state index is -4.65. The van der Waals surface area contributed by atoms with Crippen LogP contribution in [0.1, 0.15) is 36.2 Å². The van der Waals surface area contributed by atoms with Crippen molar-refractivity contribution >= 4 is 51.7 Å². The first-order valence-electron chi connectivity index (χ1n) is 10.0. The van der Waals surface area contributed by atoms with Gasteiger partial charge < -0.3 is 9.47 Å². The minimum absolute atomic E-state index is 0.0596. The Kier molecular flexibility index (Phi) is 9.59. The molecule has 36 heavy (non-hydrogen) atoms. The van der Waals surface area contributed by atoms with E-state index in [-0.39, 0.29) is 18.1 Å². The van der Waals surface area contributed by atoms with Crippen molar-refractivity contribution < 1.29 is 46.7 Å². The third kappa shape index (κ3) is 7.52. The van der Waals surface area contributed by atoms with Crippen molar-refractivity contribution in [2.24, 2.45) is 0 Å². The number of ether oxygens (including phenoxy) is 2. The first-order chi connectivity index (χ1) is 16.7. The van der Waals surface area contributed by atoms with E-state index in [1.807, 2.05) is 0 Å². The molecule has 192 valence electrons. The average molecular weight is 548 g/mol. The number of nitrogens with zero attached hydrogens (tertiary/aromatic N) is 1. The second kappa shape index (κ2) is 12.0. The van der Waals surface area contributed by atoms with Gasteiger partial charge in [-0.15, -0.1) is 0 Å². The summed E-state index contributed by atoms with van der Waals surface area (Å²) in [5, 5.41) is 8.82. The van der Waals surface area contributed by atoms with Gasteiger partial charge in [0.05, 0.1) is 34.1 Å². The van der Waals surface area contributed by atoms with Crippen molar-refractivity contribution in [1.82, 2.24) is 0 Å². The second-order valence-corrected chi connectivity index (χ2v) is 8.72. The first-order valence-corrected chi connectivity index (χ1v) is 11.3. The molecule has 0 aliphatic carbocycles. The van der Waals surface area contributed by atoms with Crippen molar-refractivity contribution in [2.75, 3.05) is 6.61 Å². The topological polar surface area (TPSA) is 130 Å². The van der Waals surface area contributed by atoms with Crippen molar-refractivity contribution in [3.63, 3.8) is 0 Å². The molecule has 0 aliphatic heterocycles. The normalized spacial score (nSPS) is 11.9. The summed E-state index contributed by atoms with van der Waals surface area (Å²) in [4.78, 5) is 59.0. The maximum atomic E-state index is 12.8. The summed E-state index contributed by atoms with van der Waals surface area (Å²) in [6, 6.07) is 5.13. The molecule has 0 aromatic heterocycles. The van der Waals surface area contributed by atoms with Gasteiger partial charge in [-0.05, 0) is 44.2 Å². The number of alkyl halides is 3. The summed E-state index contributed by atoms with van der Waals surface area (Å²) in [6.45, 7) is 2.94. The number of thioether (sulfide) groups is 1. The third-order valence-corrected chi connectivity index (χ3v) is 5.69. The minimum Gasteiger partial charge on any atom is -0.465 e. The zero-order chi connectivity index (χ0) is 27.2. The highest BCUT2D eigenvalue weighted by Gasteiger charge is 2.31. The van der Waals surface area contributed by atoms with E-state index >= 15 is 0 Å². The lowest BCUT2D eigenvalue weighted by Gasteiger charge is -2.12. The Morgan fingerprint density at radius 3 is 2.36 bits per heavy atom. The third-order valence-electron chi connectivity index (χ3n) is 4.40. The molecule has 0 fully saturated rings. The largest absolute Gasteiger partial charge is 0.465 e. The molecule has 0 amide bonds. The van der Waals surface area contributed by atoms with Gasteiger partial charge in [0.15, 0.2) is 5.78 Å². The molecule has 0 saturated carbocycles. The average Bonchev–Trinajstić information content (AvgIpc) is 2.79. The molecule has 0 aliphatic rings. The summed E-state index contributed by atoms with van der Waals surface area (Å²) >= 11 is 6.18. The zero-order valence-corrected chi connectivity index (χ0v) is 20.2. The van der Waals surface area contributed by atoms with Crippen LogP contribution in [0, 0.1) is 10.1 Å². The van der Waals surface area contributed by atoms with Crippen LogP contribution in [0.5, 0.6) is 11.5 Å². The molecule has 0 saturated heterocycles. The Bertz CT molecular complexity index is 1220. The Labute approximate surface area is 211 Å². The van der Waals surface area contributed by atoms with Crippen LogP contribution >= 0.6 is 23.4 Å². The van der Waals surface area contributed by atoms with Crippen LogP contribution in [0.25, 0.3) is 0 Å². The van der Waals surface area contributed by atoms with Gasteiger partial charge in [-0.2, -0.15) is 13.2 Å². The fraction of sp³-hybridized carbons (Fsp3) is 0.273. The van der Waals surface area contributed by atoms with Crippen LogP contribution in [-0.4, -0.2) is 39.4 Å². The van der Waals surface area contributed by atoms with Crippen molar-refractivity contribution in [3.05, 3.63) is 62.7 Å². The SMILES string of the molecule is CCOC(=O)C(C)SC(=O)C(=O)CC(=O)c1cc(Oc2ccc(C(F)(F)F)cc2Cl)ccc1[N+](=O)[O-]. The molecule has 1 unspecified atom stereocenters. The highest BCUT2D eigenvalue weighted by Crippen LogP contribution is 2.37. The molecule has 0 radical (unpaired) electrons. The number of nitro benzene ring substituents is 1. The lowest BCUT2D eigenvalue weighted by Crippen LogP contribution is -2.23. The maximum absolute atomic E-state index is 12.8. The highest BCUT2D eigenvalue weighted by atomic mass is 35.5. The molecular formula is C22H17ClF3NO8S. The van der Waals surface area contributed by atoms with E-state index in [2.05, 4.69) is 0 Å². The van der Waals surface area contributed by atoms with Gasteiger partial charge in [0.25, 0.3) is 10.8 Å². The van der Waals surface area contributed by atoms with Crippen molar-refractivity contribution in [2.45, 2.75) is 31.7 Å². The van der Waals surface area contributed by atoms with E-state index in [9.17, 15) is 42.5 Å². The molecule has 0 bridgehead atoms. The van der Waals surface area contributed by atoms with E-state index in [1.165, 1.54) is 6.92 Å². The summed E-state index contributed by atoms with van der Waals surface area (Å²) in [5.41, 5.74) is -2.30. The number of carbonyl (C=O) groups excluding carboxylic acids is 4. The van der Waals surface area contributed by atoms with E-state index < -0.39 is 67.3 Å². The van der Waals surface area contributed by atoms with Crippen LogP contribution in [0.4, 0.5) is 18.9 Å². The number of esters is 1. The Morgan fingerprint density at radius 1 is 1.14 bits per heavy atom. The molecule has 0 N–H and O–H groups in total.